The van der Waals surface area contributed by atoms with Crippen LogP contribution in [0.15, 0.2) is 72.8 Å². The zero-order chi connectivity index (χ0) is 21.1. The number of hydrogen-bond donors (Lipinski definition) is 1. The van der Waals surface area contributed by atoms with E-state index in [1.165, 1.54) is 5.56 Å². The van der Waals surface area contributed by atoms with E-state index in [4.69, 9.17) is 0 Å². The van der Waals surface area contributed by atoms with Gasteiger partial charge in [0.25, 0.3) is 5.91 Å². The Balaban J connectivity index is 1.58. The van der Waals surface area contributed by atoms with Crippen molar-refractivity contribution in [2.45, 2.75) is 25.6 Å². The number of aryl methyl sites for hydroxylation is 2. The number of benzene rings is 3. The van der Waals surface area contributed by atoms with Gasteiger partial charge < -0.3 is 5.32 Å². The molecule has 1 atom stereocenters. The fourth-order valence-corrected chi connectivity index (χ4v) is 4.72. The highest BCUT2D eigenvalue weighted by atomic mass is 32.2. The molecule has 152 valence electrons. The quantitative estimate of drug-likeness (QED) is 0.590. The van der Waals surface area contributed by atoms with Crippen molar-refractivity contribution in [1.82, 2.24) is 0 Å². The number of hydrogen-bond acceptors (Lipinski definition) is 3. The zero-order valence-corrected chi connectivity index (χ0v) is 17.9. The second kappa shape index (κ2) is 8.76. The second-order valence-electron chi connectivity index (χ2n) is 7.40. The van der Waals surface area contributed by atoms with Crippen LogP contribution in [0.3, 0.4) is 0 Å². The van der Waals surface area contributed by atoms with Crippen molar-refractivity contribution in [1.29, 1.82) is 0 Å². The fourth-order valence-electron chi connectivity index (χ4n) is 3.55. The molecule has 0 saturated carbocycles. The van der Waals surface area contributed by atoms with Crippen LogP contribution in [0.5, 0.6) is 0 Å². The van der Waals surface area contributed by atoms with Crippen molar-refractivity contribution in [3.8, 4) is 0 Å². The summed E-state index contributed by atoms with van der Waals surface area (Å²) in [6, 6.07) is 23.4. The lowest BCUT2D eigenvalue weighted by Crippen LogP contribution is -2.28. The maximum Gasteiger partial charge on any atom is 0.255 e. The summed E-state index contributed by atoms with van der Waals surface area (Å²) in [5.74, 6) is 0.406. The molecule has 4 rings (SSSR count). The van der Waals surface area contributed by atoms with Gasteiger partial charge in [0, 0.05) is 16.9 Å². The van der Waals surface area contributed by atoms with E-state index in [1.54, 1.807) is 11.8 Å². The largest absolute Gasteiger partial charge is 0.322 e. The third kappa shape index (κ3) is 4.26. The summed E-state index contributed by atoms with van der Waals surface area (Å²) in [6.07, 6.45) is 0.925. The topological polar surface area (TPSA) is 49.4 Å². The van der Waals surface area contributed by atoms with E-state index in [0.717, 1.165) is 28.9 Å². The fraction of sp³-hybridized carbons (Fsp3) is 0.200. The van der Waals surface area contributed by atoms with Crippen LogP contribution < -0.4 is 10.2 Å². The number of rotatable bonds is 5. The van der Waals surface area contributed by atoms with Gasteiger partial charge in [-0.15, -0.1) is 11.8 Å². The van der Waals surface area contributed by atoms with E-state index in [1.807, 2.05) is 72.5 Å². The standard InChI is InChI=1S/C25H24N2O2S/c1-3-18-6-4-9-22(14-18)27-23(28)16-30-25(27)20-7-5-8-21(15-20)26-24(29)19-12-10-17(2)11-13-19/h4-15,25H,3,16H2,1-2H3,(H,26,29)/t25-/m1/s1. The number of thioether (sulfide) groups is 1. The van der Waals surface area contributed by atoms with Crippen LogP contribution >= 0.6 is 11.8 Å². The predicted molar refractivity (Wildman–Crippen MR) is 124 cm³/mol. The molecule has 1 saturated heterocycles. The molecule has 2 amide bonds. The summed E-state index contributed by atoms with van der Waals surface area (Å²) in [5.41, 5.74) is 5.58. The zero-order valence-electron chi connectivity index (χ0n) is 17.1. The van der Waals surface area contributed by atoms with E-state index in [2.05, 4.69) is 24.4 Å². The van der Waals surface area contributed by atoms with Crippen LogP contribution in [0, 0.1) is 6.92 Å². The third-order valence-electron chi connectivity index (χ3n) is 5.21. The van der Waals surface area contributed by atoms with E-state index in [9.17, 15) is 9.59 Å². The van der Waals surface area contributed by atoms with Crippen molar-refractivity contribution < 1.29 is 9.59 Å². The number of carbonyl (C=O) groups excluding carboxylic acids is 2. The molecule has 1 aliphatic rings. The molecule has 1 heterocycles. The SMILES string of the molecule is CCc1cccc(N2C(=O)CS[C@@H]2c2cccc(NC(=O)c3ccc(C)cc3)c2)c1. The Hall–Kier alpha value is -3.05. The molecule has 0 unspecified atom stereocenters. The molecule has 0 bridgehead atoms. The number of amides is 2. The summed E-state index contributed by atoms with van der Waals surface area (Å²) in [4.78, 5) is 27.1. The van der Waals surface area contributed by atoms with Gasteiger partial charge in [0.1, 0.15) is 5.37 Å². The van der Waals surface area contributed by atoms with Crippen molar-refractivity contribution >= 4 is 35.0 Å². The van der Waals surface area contributed by atoms with Crippen molar-refractivity contribution in [2.75, 3.05) is 16.0 Å². The lowest BCUT2D eigenvalue weighted by Gasteiger charge is -2.25. The average Bonchev–Trinajstić information content (AvgIpc) is 3.16. The summed E-state index contributed by atoms with van der Waals surface area (Å²) in [7, 11) is 0. The smallest absolute Gasteiger partial charge is 0.255 e. The number of nitrogens with zero attached hydrogens (tertiary/aromatic N) is 1. The van der Waals surface area contributed by atoms with Crippen molar-refractivity contribution in [3.05, 3.63) is 95.1 Å². The molecule has 3 aromatic rings. The highest BCUT2D eigenvalue weighted by molar-refractivity contribution is 8.00. The number of anilines is 2. The second-order valence-corrected chi connectivity index (χ2v) is 8.46. The van der Waals surface area contributed by atoms with Gasteiger partial charge in [-0.05, 0) is 60.9 Å². The summed E-state index contributed by atoms with van der Waals surface area (Å²) < 4.78 is 0. The first-order valence-corrected chi connectivity index (χ1v) is 11.1. The first kappa shape index (κ1) is 20.2. The van der Waals surface area contributed by atoms with Gasteiger partial charge in [-0.2, -0.15) is 0 Å². The molecule has 0 aromatic heterocycles. The summed E-state index contributed by atoms with van der Waals surface area (Å²) in [6.45, 7) is 4.10. The van der Waals surface area contributed by atoms with E-state index < -0.39 is 0 Å². The Morgan fingerprint density at radius 1 is 1.07 bits per heavy atom. The first-order chi connectivity index (χ1) is 14.5. The van der Waals surface area contributed by atoms with E-state index in [0.29, 0.717) is 11.3 Å². The first-order valence-electron chi connectivity index (χ1n) is 10.1. The monoisotopic (exact) mass is 416 g/mol. The Morgan fingerprint density at radius 2 is 1.83 bits per heavy atom. The van der Waals surface area contributed by atoms with Gasteiger partial charge in [0.2, 0.25) is 5.91 Å². The Kier molecular flexibility index (Phi) is 5.91. The van der Waals surface area contributed by atoms with Gasteiger partial charge in [-0.1, -0.05) is 48.9 Å². The highest BCUT2D eigenvalue weighted by Crippen LogP contribution is 2.42. The molecule has 1 N–H and O–H groups in total. The average molecular weight is 417 g/mol. The molecule has 0 spiro atoms. The van der Waals surface area contributed by atoms with Gasteiger partial charge in [-0.3, -0.25) is 14.5 Å². The molecular formula is C25H24N2O2S. The molecule has 1 aliphatic heterocycles. The van der Waals surface area contributed by atoms with Crippen LogP contribution in [-0.2, 0) is 11.2 Å². The minimum Gasteiger partial charge on any atom is -0.322 e. The summed E-state index contributed by atoms with van der Waals surface area (Å²) in [5, 5.41) is 2.86. The molecule has 4 nitrogen and oxygen atoms in total. The molecule has 30 heavy (non-hydrogen) atoms. The predicted octanol–water partition coefficient (Wildman–Crippen LogP) is 5.59. The molecule has 1 fully saturated rings. The normalized spacial score (nSPS) is 16.0. The van der Waals surface area contributed by atoms with E-state index in [-0.39, 0.29) is 17.2 Å². The minimum absolute atomic E-state index is 0.104. The van der Waals surface area contributed by atoms with Crippen LogP contribution in [0.2, 0.25) is 0 Å². The van der Waals surface area contributed by atoms with Crippen LogP contribution in [0.1, 0.15) is 39.3 Å². The molecule has 0 aliphatic carbocycles. The molecule has 0 radical (unpaired) electrons. The summed E-state index contributed by atoms with van der Waals surface area (Å²) >= 11 is 1.61. The lowest BCUT2D eigenvalue weighted by molar-refractivity contribution is -0.115. The van der Waals surface area contributed by atoms with Crippen LogP contribution in [0.25, 0.3) is 0 Å². The van der Waals surface area contributed by atoms with Gasteiger partial charge in [-0.25, -0.2) is 0 Å². The van der Waals surface area contributed by atoms with Crippen LogP contribution in [0.4, 0.5) is 11.4 Å². The lowest BCUT2D eigenvalue weighted by atomic mass is 10.1. The Bertz CT molecular complexity index is 1080. The van der Waals surface area contributed by atoms with Crippen LogP contribution in [-0.4, -0.2) is 17.6 Å². The molecule has 3 aromatic carbocycles. The van der Waals surface area contributed by atoms with Crippen molar-refractivity contribution in [2.24, 2.45) is 0 Å². The third-order valence-corrected chi connectivity index (χ3v) is 6.42. The van der Waals surface area contributed by atoms with Gasteiger partial charge in [0.15, 0.2) is 0 Å². The maximum atomic E-state index is 12.7. The Morgan fingerprint density at radius 3 is 2.60 bits per heavy atom. The van der Waals surface area contributed by atoms with Gasteiger partial charge >= 0.3 is 0 Å². The van der Waals surface area contributed by atoms with Gasteiger partial charge in [0.05, 0.1) is 5.75 Å². The molecular weight excluding hydrogens is 392 g/mol. The van der Waals surface area contributed by atoms with E-state index >= 15 is 0 Å². The number of nitrogens with one attached hydrogen (secondary N) is 1. The molecule has 5 heteroatoms. The highest BCUT2D eigenvalue weighted by Gasteiger charge is 2.34. The number of carbonyl (C=O) groups is 2. The van der Waals surface area contributed by atoms with Crippen molar-refractivity contribution in [3.63, 3.8) is 0 Å². The maximum absolute atomic E-state index is 12.7. The Labute approximate surface area is 181 Å². The minimum atomic E-state index is -0.144.